The predicted octanol–water partition coefficient (Wildman–Crippen LogP) is 1.14. The minimum absolute atomic E-state index is 0.236. The van der Waals surface area contributed by atoms with Crippen LogP contribution in [0.25, 0.3) is 0 Å². The summed E-state index contributed by atoms with van der Waals surface area (Å²) < 4.78 is 5.29. The highest BCUT2D eigenvalue weighted by Crippen LogP contribution is 2.14. The smallest absolute Gasteiger partial charge is 0.357 e. The van der Waals surface area contributed by atoms with Crippen LogP contribution in [0.3, 0.4) is 0 Å². The fraction of sp³-hybridized carbons (Fsp3) is 0. The number of rotatable bonds is 4. The zero-order chi connectivity index (χ0) is 16.7. The minimum Gasteiger partial charge on any atom is -0.476 e. The summed E-state index contributed by atoms with van der Waals surface area (Å²) >= 11 is 0. The summed E-state index contributed by atoms with van der Waals surface area (Å²) in [4.78, 5) is 10.8. The number of carboxylic acids is 1. The summed E-state index contributed by atoms with van der Waals surface area (Å²) in [6.07, 6.45) is 0. The van der Waals surface area contributed by atoms with E-state index in [1.54, 1.807) is 24.3 Å². The highest BCUT2D eigenvalue weighted by atomic mass is 16.5. The van der Waals surface area contributed by atoms with Gasteiger partial charge in [0.2, 0.25) is 5.88 Å². The van der Waals surface area contributed by atoms with E-state index in [0.29, 0.717) is 5.75 Å². The molecule has 0 fully saturated rings. The maximum absolute atomic E-state index is 10.8. The van der Waals surface area contributed by atoms with E-state index in [1.807, 2.05) is 30.3 Å². The fourth-order valence-corrected chi connectivity index (χ4v) is 1.65. The normalized spacial score (nSPS) is 10.8. The second kappa shape index (κ2) is 7.54. The van der Waals surface area contributed by atoms with Crippen LogP contribution in [0.1, 0.15) is 11.1 Å². The number of hydrogen-bond acceptors (Lipinski definition) is 5. The highest BCUT2D eigenvalue weighted by Gasteiger charge is 2.11. The van der Waals surface area contributed by atoms with Crippen LogP contribution in [0, 0.1) is 11.8 Å². The van der Waals surface area contributed by atoms with Crippen LogP contribution in [0.4, 0.5) is 0 Å². The number of benzene rings is 2. The number of hydrogen-bond donors (Lipinski definition) is 4. The number of nitrogens with two attached hydrogens (primary N) is 2. The third-order valence-electron chi connectivity index (χ3n) is 2.81. The Balaban J connectivity index is 2.13. The third kappa shape index (κ3) is 4.52. The van der Waals surface area contributed by atoms with Gasteiger partial charge in [-0.2, -0.15) is 0 Å². The molecule has 116 valence electrons. The van der Waals surface area contributed by atoms with Crippen LogP contribution in [0.2, 0.25) is 0 Å². The molecule has 0 saturated heterocycles. The van der Waals surface area contributed by atoms with Crippen molar-refractivity contribution in [1.82, 2.24) is 5.43 Å². The van der Waals surface area contributed by atoms with Gasteiger partial charge in [0, 0.05) is 11.1 Å². The SMILES string of the molecule is NN/C(Oc1ccc(C#Cc2ccccc2)cc1)=C(\N)C(=O)O. The Morgan fingerprint density at radius 3 is 2.09 bits per heavy atom. The lowest BCUT2D eigenvalue weighted by molar-refractivity contribution is -0.132. The molecule has 0 saturated carbocycles. The minimum atomic E-state index is -1.33. The topological polar surface area (TPSA) is 111 Å². The summed E-state index contributed by atoms with van der Waals surface area (Å²) in [5, 5.41) is 8.81. The van der Waals surface area contributed by atoms with Crippen molar-refractivity contribution in [3.63, 3.8) is 0 Å². The molecule has 0 aromatic heterocycles. The maximum atomic E-state index is 10.8. The van der Waals surface area contributed by atoms with Crippen LogP contribution >= 0.6 is 0 Å². The van der Waals surface area contributed by atoms with Crippen molar-refractivity contribution >= 4 is 5.97 Å². The summed E-state index contributed by atoms with van der Waals surface area (Å²) in [6.45, 7) is 0. The molecule has 0 unspecified atom stereocenters. The molecule has 0 amide bonds. The Kier molecular flexibility index (Phi) is 5.23. The van der Waals surface area contributed by atoms with Crippen molar-refractivity contribution in [1.29, 1.82) is 0 Å². The van der Waals surface area contributed by atoms with E-state index < -0.39 is 11.7 Å². The molecule has 0 aliphatic rings. The van der Waals surface area contributed by atoms with Crippen LogP contribution in [-0.2, 0) is 4.79 Å². The van der Waals surface area contributed by atoms with Gasteiger partial charge in [0.05, 0.1) is 0 Å². The van der Waals surface area contributed by atoms with Gasteiger partial charge in [-0.25, -0.2) is 10.6 Å². The molecule has 0 atom stereocenters. The first-order valence-electron chi connectivity index (χ1n) is 6.65. The second-order valence-corrected chi connectivity index (χ2v) is 4.43. The predicted molar refractivity (Wildman–Crippen MR) is 85.7 cm³/mol. The number of aliphatic carboxylic acids is 1. The Hall–Kier alpha value is -3.43. The maximum Gasteiger partial charge on any atom is 0.357 e. The van der Waals surface area contributed by atoms with E-state index in [9.17, 15) is 4.79 Å². The first-order chi connectivity index (χ1) is 11.1. The van der Waals surface area contributed by atoms with Crippen molar-refractivity contribution in [2.75, 3.05) is 0 Å². The van der Waals surface area contributed by atoms with Gasteiger partial charge < -0.3 is 15.6 Å². The molecule has 2 rings (SSSR count). The molecule has 6 nitrogen and oxygen atoms in total. The average molecular weight is 309 g/mol. The van der Waals surface area contributed by atoms with Crippen molar-refractivity contribution in [2.24, 2.45) is 11.6 Å². The Bertz CT molecular complexity index is 772. The Morgan fingerprint density at radius 1 is 1.00 bits per heavy atom. The van der Waals surface area contributed by atoms with Crippen LogP contribution in [0.5, 0.6) is 5.75 Å². The van der Waals surface area contributed by atoms with E-state index in [0.717, 1.165) is 11.1 Å². The van der Waals surface area contributed by atoms with Gasteiger partial charge in [-0.1, -0.05) is 30.0 Å². The van der Waals surface area contributed by atoms with Gasteiger partial charge in [0.15, 0.2) is 5.70 Å². The van der Waals surface area contributed by atoms with E-state index >= 15 is 0 Å². The second-order valence-electron chi connectivity index (χ2n) is 4.43. The van der Waals surface area contributed by atoms with Crippen molar-refractivity contribution in [2.45, 2.75) is 0 Å². The molecule has 2 aromatic rings. The van der Waals surface area contributed by atoms with E-state index in [1.165, 1.54) is 0 Å². The number of carboxylic acid groups (broad SMARTS) is 1. The standard InChI is InChI=1S/C17H15N3O3/c18-15(17(21)22)16(20-19)23-14-10-8-13(9-11-14)7-6-12-4-2-1-3-5-12/h1-5,8-11,20H,18-19H2,(H,21,22)/b16-15+. The lowest BCUT2D eigenvalue weighted by Gasteiger charge is -2.10. The van der Waals surface area contributed by atoms with Crippen molar-refractivity contribution in [3.05, 3.63) is 77.3 Å². The monoisotopic (exact) mass is 309 g/mol. The largest absolute Gasteiger partial charge is 0.476 e. The zero-order valence-electron chi connectivity index (χ0n) is 12.1. The molecule has 0 aliphatic heterocycles. The third-order valence-corrected chi connectivity index (χ3v) is 2.81. The molecule has 6 N–H and O–H groups in total. The van der Waals surface area contributed by atoms with Crippen LogP contribution < -0.4 is 21.7 Å². The highest BCUT2D eigenvalue weighted by molar-refractivity contribution is 5.85. The lowest BCUT2D eigenvalue weighted by atomic mass is 10.2. The molecule has 0 radical (unpaired) electrons. The zero-order valence-corrected chi connectivity index (χ0v) is 12.1. The molecule has 0 bridgehead atoms. The molecule has 0 spiro atoms. The molecule has 6 heteroatoms. The van der Waals surface area contributed by atoms with Gasteiger partial charge in [0.1, 0.15) is 5.75 Å². The Morgan fingerprint density at radius 2 is 1.57 bits per heavy atom. The fourth-order valence-electron chi connectivity index (χ4n) is 1.65. The molecule has 0 heterocycles. The van der Waals surface area contributed by atoms with Gasteiger partial charge in [-0.05, 0) is 36.4 Å². The van der Waals surface area contributed by atoms with E-state index in [4.69, 9.17) is 21.4 Å². The first kappa shape index (κ1) is 15.9. The summed E-state index contributed by atoms with van der Waals surface area (Å²) in [7, 11) is 0. The number of ether oxygens (including phenoxy) is 1. The number of hydrazine groups is 1. The molecular formula is C17H15N3O3. The summed E-state index contributed by atoms with van der Waals surface area (Å²) in [5.74, 6) is 10.1. The lowest BCUT2D eigenvalue weighted by Crippen LogP contribution is -2.31. The summed E-state index contributed by atoms with van der Waals surface area (Å²) in [5.41, 5.74) is 8.66. The summed E-state index contributed by atoms with van der Waals surface area (Å²) in [6, 6.07) is 16.4. The van der Waals surface area contributed by atoms with Gasteiger partial charge in [0.25, 0.3) is 0 Å². The van der Waals surface area contributed by atoms with Gasteiger partial charge >= 0.3 is 5.97 Å². The number of carbonyl (C=O) groups is 1. The molecule has 2 aromatic carbocycles. The van der Waals surface area contributed by atoms with Crippen molar-refractivity contribution in [3.8, 4) is 17.6 Å². The first-order valence-corrected chi connectivity index (χ1v) is 6.65. The van der Waals surface area contributed by atoms with Crippen LogP contribution in [-0.4, -0.2) is 11.1 Å². The van der Waals surface area contributed by atoms with Crippen LogP contribution in [0.15, 0.2) is 66.2 Å². The van der Waals surface area contributed by atoms with Gasteiger partial charge in [-0.3, -0.25) is 5.43 Å². The molecule has 0 aliphatic carbocycles. The molecule has 23 heavy (non-hydrogen) atoms. The van der Waals surface area contributed by atoms with Gasteiger partial charge in [-0.15, -0.1) is 0 Å². The average Bonchev–Trinajstić information content (AvgIpc) is 2.59. The van der Waals surface area contributed by atoms with E-state index in [-0.39, 0.29) is 5.88 Å². The number of nitrogens with one attached hydrogen (secondary N) is 1. The quantitative estimate of drug-likeness (QED) is 0.222. The molecular weight excluding hydrogens is 294 g/mol. The van der Waals surface area contributed by atoms with E-state index in [2.05, 4.69) is 17.3 Å². The Labute approximate surface area is 133 Å². The van der Waals surface area contributed by atoms with Crippen molar-refractivity contribution < 1.29 is 14.6 Å².